The van der Waals surface area contributed by atoms with E-state index in [1.54, 1.807) is 24.3 Å². The molecule has 4 rings (SSSR count). The lowest BCUT2D eigenvalue weighted by molar-refractivity contribution is -0.140. The fourth-order valence-electron chi connectivity index (χ4n) is 3.95. The number of anilines is 1. The molecule has 3 amide bonds. The molecule has 2 aromatic carbocycles. The van der Waals surface area contributed by atoms with Gasteiger partial charge in [0.15, 0.2) is 0 Å². The average Bonchev–Trinajstić information content (AvgIpc) is 2.98. The molecule has 2 atom stereocenters. The van der Waals surface area contributed by atoms with Crippen LogP contribution in [-0.2, 0) is 14.4 Å². The molecule has 1 saturated heterocycles. The number of imide groups is 1. The summed E-state index contributed by atoms with van der Waals surface area (Å²) in [7, 11) is 0. The standard InChI is InChI=1S/C24H24N2O4/c1-16-5-4-6-19(15-16)30-18-11-9-17(10-12-18)25-22(27)13-14-26-23(28)20-7-2-3-8-21(20)24(26)29/h2-6,9-12,15,20-21H,7-8,13-14H2,1H3,(H,25,27)/t20-,21-/m1/s1. The number of hydrogen-bond acceptors (Lipinski definition) is 4. The predicted molar refractivity (Wildman–Crippen MR) is 113 cm³/mol. The van der Waals surface area contributed by atoms with Crippen LogP contribution in [0, 0.1) is 18.8 Å². The summed E-state index contributed by atoms with van der Waals surface area (Å²) >= 11 is 0. The maximum atomic E-state index is 12.5. The van der Waals surface area contributed by atoms with Gasteiger partial charge in [0.25, 0.3) is 0 Å². The van der Waals surface area contributed by atoms with Gasteiger partial charge in [0.2, 0.25) is 17.7 Å². The van der Waals surface area contributed by atoms with Gasteiger partial charge in [-0.1, -0.05) is 24.3 Å². The first kappa shape index (κ1) is 19.9. The van der Waals surface area contributed by atoms with Crippen LogP contribution >= 0.6 is 0 Å². The van der Waals surface area contributed by atoms with Crippen LogP contribution in [0.3, 0.4) is 0 Å². The first-order chi connectivity index (χ1) is 14.5. The Morgan fingerprint density at radius 3 is 2.30 bits per heavy atom. The molecule has 1 heterocycles. The number of allylic oxidation sites excluding steroid dienone is 2. The number of carbonyl (C=O) groups is 3. The van der Waals surface area contributed by atoms with Crippen molar-refractivity contribution in [3.05, 3.63) is 66.2 Å². The Balaban J connectivity index is 1.29. The molecule has 0 unspecified atom stereocenters. The van der Waals surface area contributed by atoms with E-state index in [-0.39, 0.29) is 42.5 Å². The molecule has 1 aliphatic heterocycles. The zero-order valence-corrected chi connectivity index (χ0v) is 16.8. The summed E-state index contributed by atoms with van der Waals surface area (Å²) < 4.78 is 5.80. The van der Waals surface area contributed by atoms with E-state index in [0.717, 1.165) is 11.3 Å². The number of aryl methyl sites for hydroxylation is 1. The molecule has 6 nitrogen and oxygen atoms in total. The van der Waals surface area contributed by atoms with Crippen LogP contribution in [0.15, 0.2) is 60.7 Å². The monoisotopic (exact) mass is 404 g/mol. The SMILES string of the molecule is Cc1cccc(Oc2ccc(NC(=O)CCN3C(=O)[C@@H]4CC=CC[C@H]4C3=O)cc2)c1. The number of benzene rings is 2. The van der Waals surface area contributed by atoms with Crippen molar-refractivity contribution in [2.45, 2.75) is 26.2 Å². The van der Waals surface area contributed by atoms with Crippen molar-refractivity contribution in [3.63, 3.8) is 0 Å². The van der Waals surface area contributed by atoms with Gasteiger partial charge in [-0.3, -0.25) is 19.3 Å². The van der Waals surface area contributed by atoms with Gasteiger partial charge < -0.3 is 10.1 Å². The Bertz CT molecular complexity index is 971. The molecule has 2 aliphatic rings. The number of fused-ring (bicyclic) bond motifs is 1. The molecule has 1 fully saturated rings. The van der Waals surface area contributed by atoms with E-state index in [2.05, 4.69) is 5.32 Å². The smallest absolute Gasteiger partial charge is 0.233 e. The van der Waals surface area contributed by atoms with E-state index >= 15 is 0 Å². The summed E-state index contributed by atoms with van der Waals surface area (Å²) in [6.45, 7) is 2.12. The minimum absolute atomic E-state index is 0.0753. The van der Waals surface area contributed by atoms with Crippen molar-refractivity contribution >= 4 is 23.4 Å². The van der Waals surface area contributed by atoms with E-state index < -0.39 is 0 Å². The summed E-state index contributed by atoms with van der Waals surface area (Å²) in [4.78, 5) is 38.5. The van der Waals surface area contributed by atoms with Crippen LogP contribution < -0.4 is 10.1 Å². The topological polar surface area (TPSA) is 75.7 Å². The molecule has 0 spiro atoms. The molecule has 1 aliphatic carbocycles. The van der Waals surface area contributed by atoms with Gasteiger partial charge >= 0.3 is 0 Å². The molecule has 0 aromatic heterocycles. The molecule has 0 radical (unpaired) electrons. The van der Waals surface area contributed by atoms with Gasteiger partial charge in [-0.2, -0.15) is 0 Å². The molecular weight excluding hydrogens is 380 g/mol. The van der Waals surface area contributed by atoms with Crippen molar-refractivity contribution in [2.24, 2.45) is 11.8 Å². The quantitative estimate of drug-likeness (QED) is 0.582. The van der Waals surface area contributed by atoms with Gasteiger partial charge in [0.1, 0.15) is 11.5 Å². The normalized spacial score (nSPS) is 20.2. The fraction of sp³-hybridized carbons (Fsp3) is 0.292. The van der Waals surface area contributed by atoms with Crippen LogP contribution in [-0.4, -0.2) is 29.2 Å². The lowest BCUT2D eigenvalue weighted by atomic mass is 9.85. The number of hydrogen-bond donors (Lipinski definition) is 1. The highest BCUT2D eigenvalue weighted by Crippen LogP contribution is 2.35. The van der Waals surface area contributed by atoms with E-state index in [1.165, 1.54) is 4.90 Å². The van der Waals surface area contributed by atoms with Gasteiger partial charge in [0.05, 0.1) is 11.8 Å². The van der Waals surface area contributed by atoms with Crippen LogP contribution in [0.5, 0.6) is 11.5 Å². The highest BCUT2D eigenvalue weighted by atomic mass is 16.5. The third-order valence-corrected chi connectivity index (χ3v) is 5.52. The third kappa shape index (κ3) is 4.27. The van der Waals surface area contributed by atoms with Crippen molar-refractivity contribution in [1.82, 2.24) is 4.90 Å². The second kappa shape index (κ2) is 8.53. The minimum Gasteiger partial charge on any atom is -0.457 e. The van der Waals surface area contributed by atoms with Crippen molar-refractivity contribution in [2.75, 3.05) is 11.9 Å². The number of nitrogens with zero attached hydrogens (tertiary/aromatic N) is 1. The molecule has 2 aromatic rings. The molecule has 30 heavy (non-hydrogen) atoms. The minimum atomic E-state index is -0.258. The Hall–Kier alpha value is -3.41. The highest BCUT2D eigenvalue weighted by molar-refractivity contribution is 6.05. The Morgan fingerprint density at radius 2 is 1.67 bits per heavy atom. The summed E-state index contributed by atoms with van der Waals surface area (Å²) in [5.74, 6) is 0.360. The molecule has 154 valence electrons. The van der Waals surface area contributed by atoms with Crippen LogP contribution in [0.2, 0.25) is 0 Å². The molecule has 1 N–H and O–H groups in total. The van der Waals surface area contributed by atoms with Crippen molar-refractivity contribution < 1.29 is 19.1 Å². The van der Waals surface area contributed by atoms with Crippen molar-refractivity contribution in [3.8, 4) is 11.5 Å². The Kier molecular flexibility index (Phi) is 5.65. The zero-order chi connectivity index (χ0) is 21.1. The first-order valence-electron chi connectivity index (χ1n) is 10.2. The number of likely N-dealkylation sites (tertiary alicyclic amines) is 1. The van der Waals surface area contributed by atoms with E-state index in [1.807, 2.05) is 43.3 Å². The zero-order valence-electron chi connectivity index (χ0n) is 16.8. The number of nitrogens with one attached hydrogen (secondary N) is 1. The second-order valence-electron chi connectivity index (χ2n) is 7.73. The molecule has 6 heteroatoms. The lowest BCUT2D eigenvalue weighted by Gasteiger charge is -2.14. The number of rotatable bonds is 6. The molecule has 0 saturated carbocycles. The molecular formula is C24H24N2O4. The highest BCUT2D eigenvalue weighted by Gasteiger charge is 2.46. The summed E-state index contributed by atoms with van der Waals surface area (Å²) in [6, 6.07) is 14.8. The number of carbonyl (C=O) groups excluding carboxylic acids is 3. The predicted octanol–water partition coefficient (Wildman–Crippen LogP) is 4.07. The van der Waals surface area contributed by atoms with Crippen LogP contribution in [0.1, 0.15) is 24.8 Å². The van der Waals surface area contributed by atoms with Crippen LogP contribution in [0.4, 0.5) is 5.69 Å². The fourth-order valence-corrected chi connectivity index (χ4v) is 3.95. The maximum Gasteiger partial charge on any atom is 0.233 e. The third-order valence-electron chi connectivity index (χ3n) is 5.52. The number of amides is 3. The van der Waals surface area contributed by atoms with Crippen LogP contribution in [0.25, 0.3) is 0 Å². The van der Waals surface area contributed by atoms with E-state index in [4.69, 9.17) is 4.74 Å². The van der Waals surface area contributed by atoms with E-state index in [0.29, 0.717) is 24.3 Å². The largest absolute Gasteiger partial charge is 0.457 e. The lowest BCUT2D eigenvalue weighted by Crippen LogP contribution is -2.34. The Labute approximate surface area is 175 Å². The summed E-state index contributed by atoms with van der Waals surface area (Å²) in [5.41, 5.74) is 1.75. The average molecular weight is 404 g/mol. The second-order valence-corrected chi connectivity index (χ2v) is 7.73. The van der Waals surface area contributed by atoms with Gasteiger partial charge in [-0.25, -0.2) is 0 Å². The molecule has 0 bridgehead atoms. The summed E-state index contributed by atoms with van der Waals surface area (Å²) in [6.07, 6.45) is 5.19. The summed E-state index contributed by atoms with van der Waals surface area (Å²) in [5, 5.41) is 2.80. The van der Waals surface area contributed by atoms with Gasteiger partial charge in [-0.15, -0.1) is 0 Å². The van der Waals surface area contributed by atoms with Gasteiger partial charge in [0, 0.05) is 18.7 Å². The van der Waals surface area contributed by atoms with E-state index in [9.17, 15) is 14.4 Å². The van der Waals surface area contributed by atoms with Gasteiger partial charge in [-0.05, 0) is 61.7 Å². The van der Waals surface area contributed by atoms with Crippen molar-refractivity contribution in [1.29, 1.82) is 0 Å². The maximum absolute atomic E-state index is 12.5. The first-order valence-corrected chi connectivity index (χ1v) is 10.2. The Morgan fingerprint density at radius 1 is 1.00 bits per heavy atom. The number of ether oxygens (including phenoxy) is 1.